The Kier molecular flexibility index (Phi) is 3.82. The Morgan fingerprint density at radius 2 is 2.12 bits per heavy atom. The number of hydrogen-bond donors (Lipinski definition) is 1. The van der Waals surface area contributed by atoms with Crippen LogP contribution in [0.5, 0.6) is 0 Å². The van der Waals surface area contributed by atoms with Crippen LogP contribution in [0.3, 0.4) is 0 Å². The van der Waals surface area contributed by atoms with Crippen molar-refractivity contribution in [3.05, 3.63) is 30.4 Å². The van der Waals surface area contributed by atoms with Crippen LogP contribution in [0.2, 0.25) is 0 Å². The van der Waals surface area contributed by atoms with E-state index in [4.69, 9.17) is 10.3 Å². The summed E-state index contributed by atoms with van der Waals surface area (Å²) >= 11 is 0. The molecule has 0 saturated carbocycles. The van der Waals surface area contributed by atoms with Crippen LogP contribution in [0.15, 0.2) is 29.0 Å². The van der Waals surface area contributed by atoms with Crippen molar-refractivity contribution < 1.29 is 4.52 Å². The molecule has 0 aliphatic rings. The van der Waals surface area contributed by atoms with Gasteiger partial charge >= 0.3 is 0 Å². The molecule has 0 fully saturated rings. The van der Waals surface area contributed by atoms with Gasteiger partial charge in [-0.2, -0.15) is 4.98 Å². The van der Waals surface area contributed by atoms with E-state index < -0.39 is 0 Å². The van der Waals surface area contributed by atoms with Gasteiger partial charge in [0, 0.05) is 23.9 Å². The van der Waals surface area contributed by atoms with E-state index in [1.807, 2.05) is 12.1 Å². The fourth-order valence-corrected chi connectivity index (χ4v) is 1.60. The SMILES string of the molecule is CC(CCCN)c1nc(-c2ccncc2)no1. The summed E-state index contributed by atoms with van der Waals surface area (Å²) in [5.41, 5.74) is 6.40. The molecule has 5 nitrogen and oxygen atoms in total. The van der Waals surface area contributed by atoms with E-state index in [2.05, 4.69) is 22.0 Å². The third-order valence-electron chi connectivity index (χ3n) is 2.64. The first-order chi connectivity index (χ1) is 8.31. The Bertz CT molecular complexity index is 455. The molecule has 2 N–H and O–H groups in total. The first-order valence-electron chi connectivity index (χ1n) is 5.75. The molecule has 1 atom stereocenters. The van der Waals surface area contributed by atoms with Gasteiger partial charge in [-0.15, -0.1) is 0 Å². The lowest BCUT2D eigenvalue weighted by Gasteiger charge is -2.03. The van der Waals surface area contributed by atoms with Gasteiger partial charge < -0.3 is 10.3 Å². The van der Waals surface area contributed by atoms with E-state index in [0.29, 0.717) is 18.3 Å². The first kappa shape index (κ1) is 11.7. The van der Waals surface area contributed by atoms with Gasteiger partial charge in [0.05, 0.1) is 0 Å². The molecule has 5 heteroatoms. The Morgan fingerprint density at radius 1 is 1.35 bits per heavy atom. The van der Waals surface area contributed by atoms with Crippen LogP contribution in [0.4, 0.5) is 0 Å². The van der Waals surface area contributed by atoms with Gasteiger partial charge in [-0.3, -0.25) is 4.98 Å². The highest BCUT2D eigenvalue weighted by atomic mass is 16.5. The van der Waals surface area contributed by atoms with Crippen molar-refractivity contribution in [3.63, 3.8) is 0 Å². The maximum absolute atomic E-state index is 5.48. The predicted octanol–water partition coefficient (Wildman–Crippen LogP) is 1.97. The van der Waals surface area contributed by atoms with Crippen molar-refractivity contribution in [1.82, 2.24) is 15.1 Å². The summed E-state index contributed by atoms with van der Waals surface area (Å²) in [6, 6.07) is 3.72. The summed E-state index contributed by atoms with van der Waals surface area (Å²) in [5.74, 6) is 1.54. The van der Waals surface area contributed by atoms with Crippen molar-refractivity contribution >= 4 is 0 Å². The van der Waals surface area contributed by atoms with Gasteiger partial charge in [0.15, 0.2) is 0 Å². The average molecular weight is 232 g/mol. The Balaban J connectivity index is 2.11. The van der Waals surface area contributed by atoms with Crippen molar-refractivity contribution in [3.8, 4) is 11.4 Å². The summed E-state index contributed by atoms with van der Waals surface area (Å²) in [7, 11) is 0. The second-order valence-corrected chi connectivity index (χ2v) is 4.02. The number of hydrogen-bond acceptors (Lipinski definition) is 5. The molecule has 0 bridgehead atoms. The van der Waals surface area contributed by atoms with Gasteiger partial charge in [-0.25, -0.2) is 0 Å². The van der Waals surface area contributed by atoms with E-state index in [9.17, 15) is 0 Å². The molecule has 0 aromatic carbocycles. The third-order valence-corrected chi connectivity index (χ3v) is 2.64. The third kappa shape index (κ3) is 2.88. The lowest BCUT2D eigenvalue weighted by Crippen LogP contribution is -2.02. The van der Waals surface area contributed by atoms with E-state index in [1.54, 1.807) is 12.4 Å². The van der Waals surface area contributed by atoms with Gasteiger partial charge in [0.25, 0.3) is 0 Å². The molecule has 2 aromatic heterocycles. The molecule has 0 spiro atoms. The zero-order valence-corrected chi connectivity index (χ0v) is 9.84. The van der Waals surface area contributed by atoms with Gasteiger partial charge in [0.1, 0.15) is 0 Å². The van der Waals surface area contributed by atoms with Crippen molar-refractivity contribution in [2.45, 2.75) is 25.7 Å². The zero-order chi connectivity index (χ0) is 12.1. The number of rotatable bonds is 5. The highest BCUT2D eigenvalue weighted by Crippen LogP contribution is 2.21. The van der Waals surface area contributed by atoms with Crippen LogP contribution < -0.4 is 5.73 Å². The average Bonchev–Trinajstić information content (AvgIpc) is 2.86. The van der Waals surface area contributed by atoms with Crippen LogP contribution in [0, 0.1) is 0 Å². The molecule has 2 rings (SSSR count). The Morgan fingerprint density at radius 3 is 2.82 bits per heavy atom. The minimum absolute atomic E-state index is 0.252. The lowest BCUT2D eigenvalue weighted by molar-refractivity contribution is 0.352. The highest BCUT2D eigenvalue weighted by Gasteiger charge is 2.14. The molecular weight excluding hydrogens is 216 g/mol. The smallest absolute Gasteiger partial charge is 0.229 e. The van der Waals surface area contributed by atoms with E-state index in [1.165, 1.54) is 0 Å². The minimum atomic E-state index is 0.252. The Labute approximate surface area is 100 Å². The largest absolute Gasteiger partial charge is 0.339 e. The van der Waals surface area contributed by atoms with E-state index >= 15 is 0 Å². The standard InChI is InChI=1S/C12H16N4O/c1-9(3-2-6-13)12-15-11(16-17-12)10-4-7-14-8-5-10/h4-5,7-9H,2-3,6,13H2,1H3. The Hall–Kier alpha value is -1.75. The summed E-state index contributed by atoms with van der Waals surface area (Å²) in [4.78, 5) is 8.34. The molecule has 0 saturated heterocycles. The fourth-order valence-electron chi connectivity index (χ4n) is 1.60. The normalized spacial score (nSPS) is 12.6. The number of pyridine rings is 1. The molecule has 0 aliphatic heterocycles. The van der Waals surface area contributed by atoms with Gasteiger partial charge in [-0.05, 0) is 31.5 Å². The lowest BCUT2D eigenvalue weighted by atomic mass is 10.1. The van der Waals surface area contributed by atoms with Gasteiger partial charge in [-0.1, -0.05) is 12.1 Å². The maximum atomic E-state index is 5.48. The second kappa shape index (κ2) is 5.54. The highest BCUT2D eigenvalue weighted by molar-refractivity contribution is 5.52. The van der Waals surface area contributed by atoms with E-state index in [-0.39, 0.29) is 5.92 Å². The first-order valence-corrected chi connectivity index (χ1v) is 5.75. The minimum Gasteiger partial charge on any atom is -0.339 e. The summed E-state index contributed by atoms with van der Waals surface area (Å²) in [5, 5.41) is 3.97. The molecule has 1 unspecified atom stereocenters. The molecule has 0 radical (unpaired) electrons. The summed E-state index contributed by atoms with van der Waals surface area (Å²) in [6.07, 6.45) is 5.36. The van der Waals surface area contributed by atoms with Crippen LogP contribution in [-0.2, 0) is 0 Å². The quantitative estimate of drug-likeness (QED) is 0.852. The number of nitrogens with two attached hydrogens (primary N) is 1. The molecule has 17 heavy (non-hydrogen) atoms. The van der Waals surface area contributed by atoms with Crippen LogP contribution >= 0.6 is 0 Å². The topological polar surface area (TPSA) is 77.8 Å². The fraction of sp³-hybridized carbons (Fsp3) is 0.417. The van der Waals surface area contributed by atoms with Gasteiger partial charge in [0.2, 0.25) is 11.7 Å². The monoisotopic (exact) mass is 232 g/mol. The second-order valence-electron chi connectivity index (χ2n) is 4.02. The zero-order valence-electron chi connectivity index (χ0n) is 9.84. The van der Waals surface area contributed by atoms with Crippen LogP contribution in [0.25, 0.3) is 11.4 Å². The van der Waals surface area contributed by atoms with E-state index in [0.717, 1.165) is 18.4 Å². The summed E-state index contributed by atoms with van der Waals surface area (Å²) < 4.78 is 5.26. The van der Waals surface area contributed by atoms with Crippen molar-refractivity contribution in [1.29, 1.82) is 0 Å². The number of aromatic nitrogens is 3. The molecular formula is C12H16N4O. The molecule has 2 heterocycles. The molecule has 90 valence electrons. The van der Waals surface area contributed by atoms with Crippen molar-refractivity contribution in [2.75, 3.05) is 6.54 Å². The number of nitrogens with zero attached hydrogens (tertiary/aromatic N) is 3. The van der Waals surface area contributed by atoms with Crippen LogP contribution in [-0.4, -0.2) is 21.7 Å². The maximum Gasteiger partial charge on any atom is 0.229 e. The van der Waals surface area contributed by atoms with Crippen LogP contribution in [0.1, 0.15) is 31.6 Å². The molecule has 0 amide bonds. The van der Waals surface area contributed by atoms with Crippen molar-refractivity contribution in [2.24, 2.45) is 5.73 Å². The molecule has 0 aliphatic carbocycles. The predicted molar refractivity (Wildman–Crippen MR) is 64.2 cm³/mol. The summed E-state index contributed by atoms with van der Waals surface area (Å²) in [6.45, 7) is 2.76. The molecule has 2 aromatic rings.